The molecule has 0 unspecified atom stereocenters. The first-order valence-electron chi connectivity index (χ1n) is 3.10. The van der Waals surface area contributed by atoms with E-state index in [4.69, 9.17) is 5.73 Å². The fourth-order valence-corrected chi connectivity index (χ4v) is 1.01. The Bertz CT molecular complexity index is 296. The standard InChI is InChI=1S/C6H9N3OS/c1-11-6-8-3-4(2-7)5(10)9-6/h3H,2,7H2,1H3,(H,8,9,10). The molecular weight excluding hydrogens is 162 g/mol. The Morgan fingerprint density at radius 2 is 2.55 bits per heavy atom. The lowest BCUT2D eigenvalue weighted by Crippen LogP contribution is -2.17. The molecule has 0 bridgehead atoms. The Morgan fingerprint density at radius 1 is 1.82 bits per heavy atom. The lowest BCUT2D eigenvalue weighted by Gasteiger charge is -1.96. The van der Waals surface area contributed by atoms with Crippen LogP contribution in [0.25, 0.3) is 0 Å². The second kappa shape index (κ2) is 3.54. The molecule has 3 N–H and O–H groups in total. The van der Waals surface area contributed by atoms with E-state index >= 15 is 0 Å². The minimum atomic E-state index is -0.146. The molecule has 0 aliphatic heterocycles. The van der Waals surface area contributed by atoms with Gasteiger partial charge in [-0.15, -0.1) is 0 Å². The number of thioether (sulfide) groups is 1. The Hall–Kier alpha value is -0.810. The number of aromatic nitrogens is 2. The van der Waals surface area contributed by atoms with Crippen molar-refractivity contribution in [3.05, 3.63) is 22.1 Å². The quantitative estimate of drug-likeness (QED) is 0.483. The Kier molecular flexibility index (Phi) is 2.67. The summed E-state index contributed by atoms with van der Waals surface area (Å²) in [6.45, 7) is 0.233. The number of nitrogens with zero attached hydrogens (tertiary/aromatic N) is 1. The third-order valence-corrected chi connectivity index (χ3v) is 1.86. The van der Waals surface area contributed by atoms with Crippen molar-refractivity contribution in [1.82, 2.24) is 9.97 Å². The molecule has 1 rings (SSSR count). The maximum Gasteiger partial charge on any atom is 0.256 e. The van der Waals surface area contributed by atoms with Crippen LogP contribution in [0.5, 0.6) is 0 Å². The van der Waals surface area contributed by atoms with Gasteiger partial charge in [-0.1, -0.05) is 11.8 Å². The van der Waals surface area contributed by atoms with Gasteiger partial charge < -0.3 is 10.7 Å². The van der Waals surface area contributed by atoms with Gasteiger partial charge in [0.1, 0.15) is 0 Å². The number of nitrogens with two attached hydrogens (primary N) is 1. The van der Waals surface area contributed by atoms with E-state index in [-0.39, 0.29) is 12.1 Å². The molecule has 1 aromatic heterocycles. The van der Waals surface area contributed by atoms with Gasteiger partial charge >= 0.3 is 0 Å². The highest BCUT2D eigenvalue weighted by molar-refractivity contribution is 7.98. The molecule has 0 fully saturated rings. The zero-order valence-electron chi connectivity index (χ0n) is 6.13. The molecule has 4 nitrogen and oxygen atoms in total. The monoisotopic (exact) mass is 171 g/mol. The van der Waals surface area contributed by atoms with E-state index in [0.29, 0.717) is 10.7 Å². The summed E-state index contributed by atoms with van der Waals surface area (Å²) in [5.41, 5.74) is 5.65. The van der Waals surface area contributed by atoms with E-state index in [1.807, 2.05) is 6.26 Å². The second-order valence-electron chi connectivity index (χ2n) is 1.95. The van der Waals surface area contributed by atoms with Gasteiger partial charge in [0, 0.05) is 18.3 Å². The van der Waals surface area contributed by atoms with Crippen LogP contribution in [-0.4, -0.2) is 16.2 Å². The van der Waals surface area contributed by atoms with Crippen LogP contribution in [0.3, 0.4) is 0 Å². The third kappa shape index (κ3) is 1.81. The molecule has 0 aliphatic rings. The molecule has 0 radical (unpaired) electrons. The van der Waals surface area contributed by atoms with Gasteiger partial charge in [-0.25, -0.2) is 4.98 Å². The molecule has 60 valence electrons. The molecule has 0 saturated heterocycles. The summed E-state index contributed by atoms with van der Waals surface area (Å²) in [7, 11) is 0. The maximum atomic E-state index is 11.0. The lowest BCUT2D eigenvalue weighted by atomic mass is 10.3. The van der Waals surface area contributed by atoms with Crippen LogP contribution in [0, 0.1) is 0 Å². The molecular formula is C6H9N3OS. The predicted octanol–water partition coefficient (Wildman–Crippen LogP) is -0.0495. The van der Waals surface area contributed by atoms with E-state index in [2.05, 4.69) is 9.97 Å². The van der Waals surface area contributed by atoms with Gasteiger partial charge in [0.2, 0.25) is 0 Å². The van der Waals surface area contributed by atoms with Gasteiger partial charge in [-0.2, -0.15) is 0 Å². The first kappa shape index (κ1) is 8.29. The smallest absolute Gasteiger partial charge is 0.256 e. The van der Waals surface area contributed by atoms with E-state index in [9.17, 15) is 4.79 Å². The highest BCUT2D eigenvalue weighted by Gasteiger charge is 1.97. The minimum Gasteiger partial charge on any atom is -0.326 e. The fourth-order valence-electron chi connectivity index (χ4n) is 0.654. The van der Waals surface area contributed by atoms with E-state index in [0.717, 1.165) is 0 Å². The van der Waals surface area contributed by atoms with Crippen molar-refractivity contribution in [2.75, 3.05) is 6.26 Å². The largest absolute Gasteiger partial charge is 0.326 e. The number of aromatic amines is 1. The van der Waals surface area contributed by atoms with Crippen LogP contribution in [0.4, 0.5) is 0 Å². The second-order valence-corrected chi connectivity index (χ2v) is 2.75. The normalized spacial score (nSPS) is 10.0. The molecule has 5 heteroatoms. The van der Waals surface area contributed by atoms with Crippen molar-refractivity contribution in [3.63, 3.8) is 0 Å². The molecule has 1 aromatic rings. The van der Waals surface area contributed by atoms with Gasteiger partial charge in [-0.05, 0) is 6.26 Å². The Morgan fingerprint density at radius 3 is 3.00 bits per heavy atom. The first-order chi connectivity index (χ1) is 5.27. The molecule has 0 atom stereocenters. The average molecular weight is 171 g/mol. The molecule has 0 saturated carbocycles. The molecule has 0 aliphatic carbocycles. The third-order valence-electron chi connectivity index (χ3n) is 1.26. The summed E-state index contributed by atoms with van der Waals surface area (Å²) in [5, 5.41) is 0.618. The van der Waals surface area contributed by atoms with Crippen molar-refractivity contribution in [2.45, 2.75) is 11.7 Å². The molecule has 1 heterocycles. The van der Waals surface area contributed by atoms with Crippen LogP contribution in [0.2, 0.25) is 0 Å². The summed E-state index contributed by atoms with van der Waals surface area (Å²) in [5.74, 6) is 0. The fraction of sp³-hybridized carbons (Fsp3) is 0.333. The SMILES string of the molecule is CSc1ncc(CN)c(=O)[nH]1. The van der Waals surface area contributed by atoms with Crippen LogP contribution in [0.15, 0.2) is 16.1 Å². The predicted molar refractivity (Wildman–Crippen MR) is 44.5 cm³/mol. The van der Waals surface area contributed by atoms with Crippen LogP contribution >= 0.6 is 11.8 Å². The minimum absolute atomic E-state index is 0.146. The van der Waals surface area contributed by atoms with Gasteiger partial charge in [0.25, 0.3) is 5.56 Å². The summed E-state index contributed by atoms with van der Waals surface area (Å²) in [4.78, 5) is 17.6. The lowest BCUT2D eigenvalue weighted by molar-refractivity contribution is 0.883. The topological polar surface area (TPSA) is 71.8 Å². The first-order valence-corrected chi connectivity index (χ1v) is 4.32. The van der Waals surface area contributed by atoms with Crippen LogP contribution < -0.4 is 11.3 Å². The average Bonchev–Trinajstić information content (AvgIpc) is 2.04. The van der Waals surface area contributed by atoms with Crippen molar-refractivity contribution < 1.29 is 0 Å². The van der Waals surface area contributed by atoms with E-state index in [1.54, 1.807) is 0 Å². The summed E-state index contributed by atoms with van der Waals surface area (Å²) in [6.07, 6.45) is 3.35. The van der Waals surface area contributed by atoms with Crippen molar-refractivity contribution in [1.29, 1.82) is 0 Å². The number of H-pyrrole nitrogens is 1. The van der Waals surface area contributed by atoms with Crippen molar-refractivity contribution in [3.8, 4) is 0 Å². The molecule has 0 amide bonds. The molecule has 0 spiro atoms. The van der Waals surface area contributed by atoms with Gasteiger partial charge in [-0.3, -0.25) is 4.79 Å². The summed E-state index contributed by atoms with van der Waals surface area (Å²) >= 11 is 1.39. The number of hydrogen-bond donors (Lipinski definition) is 2. The van der Waals surface area contributed by atoms with E-state index < -0.39 is 0 Å². The Balaban J connectivity index is 3.10. The summed E-state index contributed by atoms with van der Waals surface area (Å²) < 4.78 is 0. The van der Waals surface area contributed by atoms with Crippen molar-refractivity contribution >= 4 is 11.8 Å². The Labute approximate surface area is 68.2 Å². The van der Waals surface area contributed by atoms with E-state index in [1.165, 1.54) is 18.0 Å². The number of rotatable bonds is 2. The number of nitrogens with one attached hydrogen (secondary N) is 1. The highest BCUT2D eigenvalue weighted by Crippen LogP contribution is 2.03. The highest BCUT2D eigenvalue weighted by atomic mass is 32.2. The van der Waals surface area contributed by atoms with Crippen molar-refractivity contribution in [2.24, 2.45) is 5.73 Å². The zero-order chi connectivity index (χ0) is 8.27. The van der Waals surface area contributed by atoms with Gasteiger partial charge in [0.05, 0.1) is 0 Å². The molecule has 11 heavy (non-hydrogen) atoms. The maximum absolute atomic E-state index is 11.0. The number of hydrogen-bond acceptors (Lipinski definition) is 4. The van der Waals surface area contributed by atoms with Gasteiger partial charge in [0.15, 0.2) is 5.16 Å². The van der Waals surface area contributed by atoms with Crippen LogP contribution in [-0.2, 0) is 6.54 Å². The molecule has 0 aromatic carbocycles. The summed E-state index contributed by atoms with van der Waals surface area (Å²) in [6, 6.07) is 0. The zero-order valence-corrected chi connectivity index (χ0v) is 6.94. The van der Waals surface area contributed by atoms with Crippen LogP contribution in [0.1, 0.15) is 5.56 Å².